The number of halogens is 1. The van der Waals surface area contributed by atoms with Gasteiger partial charge in [0, 0.05) is 23.6 Å². The summed E-state index contributed by atoms with van der Waals surface area (Å²) in [6, 6.07) is 15.3. The Morgan fingerprint density at radius 1 is 1.23 bits per heavy atom. The molecule has 1 fully saturated rings. The highest BCUT2D eigenvalue weighted by molar-refractivity contribution is 6.31. The highest BCUT2D eigenvalue weighted by Crippen LogP contribution is 2.35. The minimum atomic E-state index is -0.218. The van der Waals surface area contributed by atoms with E-state index in [1.165, 1.54) is 0 Å². The largest absolute Gasteiger partial charge is 0.337 e. The average Bonchev–Trinajstić information content (AvgIpc) is 3.25. The van der Waals surface area contributed by atoms with Crippen LogP contribution in [-0.2, 0) is 11.3 Å². The van der Waals surface area contributed by atoms with E-state index in [0.717, 1.165) is 16.7 Å². The molecule has 4 rings (SSSR count). The average molecular weight is 368 g/mol. The normalized spacial score (nSPS) is 17.1. The lowest BCUT2D eigenvalue weighted by atomic mass is 10.1. The fraction of sp³-hybridized carbons (Fsp3) is 0.250. The predicted molar refractivity (Wildman–Crippen MR) is 98.4 cm³/mol. The summed E-state index contributed by atoms with van der Waals surface area (Å²) in [6.45, 7) is 2.46. The third-order valence-corrected chi connectivity index (χ3v) is 5.00. The van der Waals surface area contributed by atoms with Crippen LogP contribution >= 0.6 is 11.6 Å². The third kappa shape index (κ3) is 3.22. The van der Waals surface area contributed by atoms with Gasteiger partial charge in [-0.2, -0.15) is 4.98 Å². The fourth-order valence-corrected chi connectivity index (χ4v) is 3.47. The lowest BCUT2D eigenvalue weighted by Gasteiger charge is -2.22. The van der Waals surface area contributed by atoms with Gasteiger partial charge in [-0.15, -0.1) is 0 Å². The van der Waals surface area contributed by atoms with E-state index in [0.29, 0.717) is 36.1 Å². The molecule has 0 N–H and O–H groups in total. The summed E-state index contributed by atoms with van der Waals surface area (Å²) in [6.07, 6.45) is 1.13. The predicted octanol–water partition coefficient (Wildman–Crippen LogP) is 4.56. The maximum Gasteiger partial charge on any atom is 0.249 e. The van der Waals surface area contributed by atoms with Crippen LogP contribution in [0.4, 0.5) is 0 Å². The zero-order valence-corrected chi connectivity index (χ0v) is 15.1. The van der Waals surface area contributed by atoms with Gasteiger partial charge in [0.1, 0.15) is 6.04 Å². The van der Waals surface area contributed by atoms with Crippen molar-refractivity contribution in [1.82, 2.24) is 15.0 Å². The maximum atomic E-state index is 12.4. The Balaban J connectivity index is 1.60. The Kier molecular flexibility index (Phi) is 4.47. The second-order valence-electron chi connectivity index (χ2n) is 6.49. The van der Waals surface area contributed by atoms with Crippen molar-refractivity contribution in [3.63, 3.8) is 0 Å². The van der Waals surface area contributed by atoms with E-state index in [-0.39, 0.29) is 11.9 Å². The molecule has 1 amide bonds. The monoisotopic (exact) mass is 367 g/mol. The van der Waals surface area contributed by atoms with Crippen LogP contribution in [-0.4, -0.2) is 20.9 Å². The van der Waals surface area contributed by atoms with Crippen LogP contribution in [0.1, 0.15) is 35.9 Å². The Bertz CT molecular complexity index is 953. The van der Waals surface area contributed by atoms with Crippen molar-refractivity contribution in [3.05, 3.63) is 70.6 Å². The van der Waals surface area contributed by atoms with Gasteiger partial charge in [-0.1, -0.05) is 58.7 Å². The van der Waals surface area contributed by atoms with Crippen molar-refractivity contribution in [2.75, 3.05) is 0 Å². The molecular formula is C20H18ClN3O2. The fourth-order valence-electron chi connectivity index (χ4n) is 3.27. The Labute approximate surface area is 156 Å². The van der Waals surface area contributed by atoms with Crippen LogP contribution in [0.3, 0.4) is 0 Å². The van der Waals surface area contributed by atoms with Gasteiger partial charge in [-0.3, -0.25) is 4.79 Å². The molecular weight excluding hydrogens is 350 g/mol. The molecule has 0 radical (unpaired) electrons. The Hall–Kier alpha value is -2.66. The quantitative estimate of drug-likeness (QED) is 0.678. The molecule has 2 heterocycles. The Morgan fingerprint density at radius 3 is 2.88 bits per heavy atom. The number of hydrogen-bond acceptors (Lipinski definition) is 4. The van der Waals surface area contributed by atoms with E-state index < -0.39 is 0 Å². The number of hydrogen-bond donors (Lipinski definition) is 0. The van der Waals surface area contributed by atoms with E-state index in [9.17, 15) is 4.79 Å². The van der Waals surface area contributed by atoms with Gasteiger partial charge in [0.2, 0.25) is 17.6 Å². The first-order valence-electron chi connectivity index (χ1n) is 8.55. The van der Waals surface area contributed by atoms with Gasteiger partial charge < -0.3 is 9.42 Å². The first kappa shape index (κ1) is 16.8. The number of amides is 1. The summed E-state index contributed by atoms with van der Waals surface area (Å²) >= 11 is 6.25. The molecule has 0 saturated carbocycles. The molecule has 0 spiro atoms. The van der Waals surface area contributed by atoms with Crippen LogP contribution in [0, 0.1) is 6.92 Å². The molecule has 1 aliphatic heterocycles. The summed E-state index contributed by atoms with van der Waals surface area (Å²) in [7, 11) is 0. The zero-order valence-electron chi connectivity index (χ0n) is 14.4. The number of rotatable bonds is 4. The first-order chi connectivity index (χ1) is 12.6. The second kappa shape index (κ2) is 6.92. The molecule has 1 unspecified atom stereocenters. The molecule has 2 aromatic carbocycles. The molecule has 0 aliphatic carbocycles. The van der Waals surface area contributed by atoms with Crippen LogP contribution in [0.25, 0.3) is 11.4 Å². The van der Waals surface area contributed by atoms with Crippen LogP contribution in [0.2, 0.25) is 5.02 Å². The number of aromatic nitrogens is 2. The molecule has 1 saturated heterocycles. The summed E-state index contributed by atoms with van der Waals surface area (Å²) in [5.74, 6) is 1.09. The van der Waals surface area contributed by atoms with E-state index >= 15 is 0 Å². The molecule has 1 aromatic heterocycles. The second-order valence-corrected chi connectivity index (χ2v) is 6.90. The van der Waals surface area contributed by atoms with E-state index in [4.69, 9.17) is 16.1 Å². The van der Waals surface area contributed by atoms with Crippen molar-refractivity contribution in [2.45, 2.75) is 32.4 Å². The van der Waals surface area contributed by atoms with E-state index in [1.54, 1.807) is 4.90 Å². The summed E-state index contributed by atoms with van der Waals surface area (Å²) in [5.41, 5.74) is 2.94. The van der Waals surface area contributed by atoms with Gasteiger partial charge in [-0.25, -0.2) is 0 Å². The van der Waals surface area contributed by atoms with Crippen LogP contribution in [0.15, 0.2) is 53.1 Å². The number of benzene rings is 2. The molecule has 0 bridgehead atoms. The standard InChI is InChI=1S/C20H18ClN3O2/c1-13-5-4-7-14(11-13)19-22-20(26-23-19)17-9-10-18(25)24(17)12-15-6-2-3-8-16(15)21/h2-8,11,17H,9-10,12H2,1H3. The number of nitrogens with zero attached hydrogens (tertiary/aromatic N) is 3. The van der Waals surface area contributed by atoms with Crippen molar-refractivity contribution in [2.24, 2.45) is 0 Å². The van der Waals surface area contributed by atoms with Gasteiger partial charge in [0.15, 0.2) is 0 Å². The van der Waals surface area contributed by atoms with Crippen molar-refractivity contribution >= 4 is 17.5 Å². The molecule has 26 heavy (non-hydrogen) atoms. The van der Waals surface area contributed by atoms with Gasteiger partial charge in [-0.05, 0) is 31.0 Å². The van der Waals surface area contributed by atoms with E-state index in [2.05, 4.69) is 10.1 Å². The minimum Gasteiger partial charge on any atom is -0.337 e. The number of aryl methyl sites for hydroxylation is 1. The first-order valence-corrected chi connectivity index (χ1v) is 8.93. The number of carbonyl (C=O) groups is 1. The van der Waals surface area contributed by atoms with Crippen molar-refractivity contribution < 1.29 is 9.32 Å². The third-order valence-electron chi connectivity index (χ3n) is 4.63. The van der Waals surface area contributed by atoms with Gasteiger partial charge >= 0.3 is 0 Å². The highest BCUT2D eigenvalue weighted by Gasteiger charge is 2.36. The minimum absolute atomic E-state index is 0.0743. The van der Waals surface area contributed by atoms with Crippen molar-refractivity contribution in [3.8, 4) is 11.4 Å². The summed E-state index contributed by atoms with van der Waals surface area (Å²) < 4.78 is 5.50. The maximum absolute atomic E-state index is 12.4. The molecule has 5 nitrogen and oxygen atoms in total. The van der Waals surface area contributed by atoms with Gasteiger partial charge in [0.25, 0.3) is 0 Å². The molecule has 132 valence electrons. The smallest absolute Gasteiger partial charge is 0.249 e. The van der Waals surface area contributed by atoms with Crippen LogP contribution in [0.5, 0.6) is 0 Å². The number of likely N-dealkylation sites (tertiary alicyclic amines) is 1. The molecule has 1 atom stereocenters. The lowest BCUT2D eigenvalue weighted by Crippen LogP contribution is -2.27. The number of carbonyl (C=O) groups excluding carboxylic acids is 1. The summed E-state index contributed by atoms with van der Waals surface area (Å²) in [5, 5.41) is 4.76. The highest BCUT2D eigenvalue weighted by atomic mass is 35.5. The zero-order chi connectivity index (χ0) is 18.1. The molecule has 6 heteroatoms. The topological polar surface area (TPSA) is 59.2 Å². The van der Waals surface area contributed by atoms with Crippen LogP contribution < -0.4 is 0 Å². The lowest BCUT2D eigenvalue weighted by molar-refractivity contribution is -0.129. The Morgan fingerprint density at radius 2 is 2.08 bits per heavy atom. The van der Waals surface area contributed by atoms with Gasteiger partial charge in [0.05, 0.1) is 0 Å². The van der Waals surface area contributed by atoms with E-state index in [1.807, 2.05) is 55.5 Å². The van der Waals surface area contributed by atoms with Crippen molar-refractivity contribution in [1.29, 1.82) is 0 Å². The SMILES string of the molecule is Cc1cccc(-c2noc(C3CCC(=O)N3Cc3ccccc3Cl)n2)c1. The molecule has 1 aliphatic rings. The molecule has 3 aromatic rings. The summed E-state index contributed by atoms with van der Waals surface area (Å²) in [4.78, 5) is 18.7.